The van der Waals surface area contributed by atoms with Crippen LogP contribution in [0.15, 0.2) is 46.9 Å². The van der Waals surface area contributed by atoms with E-state index in [0.29, 0.717) is 17.1 Å². The highest BCUT2D eigenvalue weighted by Crippen LogP contribution is 2.35. The lowest BCUT2D eigenvalue weighted by atomic mass is 9.90. The first kappa shape index (κ1) is 17.0. The molecule has 0 saturated carbocycles. The fourth-order valence-electron chi connectivity index (χ4n) is 4.00. The van der Waals surface area contributed by atoms with Gasteiger partial charge in [0.15, 0.2) is 5.76 Å². The molecule has 3 heterocycles. The molecule has 0 fully saturated rings. The van der Waals surface area contributed by atoms with Gasteiger partial charge in [0.25, 0.3) is 0 Å². The number of aryl methyl sites for hydroxylation is 2. The van der Waals surface area contributed by atoms with E-state index in [0.717, 1.165) is 31.5 Å². The van der Waals surface area contributed by atoms with Crippen LogP contribution in [0.1, 0.15) is 36.5 Å². The standard InChI is InChI=1S/C23H19N3O/c1-16-10-20(21(14-24)15-25)13-22(27-16)7-6-17-11-18-4-2-8-26-9-3-5-19(12-17)23(18)26/h10-13H,2-5,8-9H2,1H3. The van der Waals surface area contributed by atoms with E-state index in [4.69, 9.17) is 15.3 Å². The maximum Gasteiger partial charge on any atom is 0.177 e. The SMILES string of the molecule is CC1=CC(=C(C#N)C#N)C=C(C#Cc2cc3c4c(c2)CCCN4CCC3)O1. The Labute approximate surface area is 159 Å². The Morgan fingerprint density at radius 3 is 2.30 bits per heavy atom. The Morgan fingerprint density at radius 2 is 1.67 bits per heavy atom. The smallest absolute Gasteiger partial charge is 0.177 e. The third-order valence-electron chi connectivity index (χ3n) is 5.09. The van der Waals surface area contributed by atoms with Gasteiger partial charge in [0, 0.05) is 29.9 Å². The summed E-state index contributed by atoms with van der Waals surface area (Å²) < 4.78 is 5.66. The molecule has 3 aliphatic heterocycles. The minimum atomic E-state index is 0.0650. The third kappa shape index (κ3) is 3.33. The topological polar surface area (TPSA) is 60.0 Å². The summed E-state index contributed by atoms with van der Waals surface area (Å²) in [6.07, 6.45) is 7.95. The first-order valence-electron chi connectivity index (χ1n) is 9.23. The number of allylic oxidation sites excluding steroid dienone is 6. The number of nitriles is 2. The number of ether oxygens (including phenoxy) is 1. The molecule has 4 rings (SSSR count). The largest absolute Gasteiger partial charge is 0.453 e. The number of hydrogen-bond donors (Lipinski definition) is 0. The summed E-state index contributed by atoms with van der Waals surface area (Å²) in [5, 5.41) is 18.2. The minimum absolute atomic E-state index is 0.0650. The van der Waals surface area contributed by atoms with E-state index < -0.39 is 0 Å². The van der Waals surface area contributed by atoms with Gasteiger partial charge in [-0.2, -0.15) is 10.5 Å². The summed E-state index contributed by atoms with van der Waals surface area (Å²) in [7, 11) is 0. The van der Waals surface area contributed by atoms with E-state index in [9.17, 15) is 0 Å². The molecule has 0 aliphatic carbocycles. The van der Waals surface area contributed by atoms with Crippen LogP contribution < -0.4 is 4.90 Å². The van der Waals surface area contributed by atoms with Crippen molar-refractivity contribution in [2.24, 2.45) is 0 Å². The number of hydrogen-bond acceptors (Lipinski definition) is 4. The van der Waals surface area contributed by atoms with E-state index >= 15 is 0 Å². The zero-order chi connectivity index (χ0) is 18.8. The lowest BCUT2D eigenvalue weighted by molar-refractivity contribution is 0.322. The molecule has 0 spiro atoms. The molecule has 0 aromatic heterocycles. The monoisotopic (exact) mass is 353 g/mol. The Morgan fingerprint density at radius 1 is 1.00 bits per heavy atom. The predicted molar refractivity (Wildman–Crippen MR) is 103 cm³/mol. The molecular formula is C23H19N3O. The molecule has 4 heteroatoms. The Balaban J connectivity index is 1.69. The molecule has 4 nitrogen and oxygen atoms in total. The van der Waals surface area contributed by atoms with Crippen molar-refractivity contribution in [2.75, 3.05) is 18.0 Å². The molecule has 0 N–H and O–H groups in total. The Bertz CT molecular complexity index is 1000. The normalized spacial score (nSPS) is 17.1. The number of benzene rings is 1. The van der Waals surface area contributed by atoms with Crippen LogP contribution in [0.2, 0.25) is 0 Å². The minimum Gasteiger partial charge on any atom is -0.453 e. The highest BCUT2D eigenvalue weighted by atomic mass is 16.5. The van der Waals surface area contributed by atoms with Gasteiger partial charge in [-0.3, -0.25) is 0 Å². The van der Waals surface area contributed by atoms with Gasteiger partial charge < -0.3 is 9.64 Å². The summed E-state index contributed by atoms with van der Waals surface area (Å²) in [4.78, 5) is 2.51. The van der Waals surface area contributed by atoms with Gasteiger partial charge in [-0.1, -0.05) is 5.92 Å². The molecule has 0 unspecified atom stereocenters. The van der Waals surface area contributed by atoms with Crippen LogP contribution in [0.3, 0.4) is 0 Å². The average Bonchev–Trinajstić information content (AvgIpc) is 2.67. The van der Waals surface area contributed by atoms with Crippen molar-refractivity contribution in [2.45, 2.75) is 32.6 Å². The van der Waals surface area contributed by atoms with E-state index in [1.807, 2.05) is 12.1 Å². The molecule has 27 heavy (non-hydrogen) atoms. The third-order valence-corrected chi connectivity index (χ3v) is 5.09. The van der Waals surface area contributed by atoms with Gasteiger partial charge in [-0.15, -0.1) is 0 Å². The highest BCUT2D eigenvalue weighted by Gasteiger charge is 2.23. The van der Waals surface area contributed by atoms with Gasteiger partial charge >= 0.3 is 0 Å². The van der Waals surface area contributed by atoms with Gasteiger partial charge in [-0.25, -0.2) is 0 Å². The maximum atomic E-state index is 9.09. The van der Waals surface area contributed by atoms with E-state index in [1.54, 1.807) is 19.1 Å². The first-order valence-corrected chi connectivity index (χ1v) is 9.23. The zero-order valence-electron chi connectivity index (χ0n) is 15.3. The average molecular weight is 353 g/mol. The van der Waals surface area contributed by atoms with Crippen molar-refractivity contribution < 1.29 is 4.74 Å². The van der Waals surface area contributed by atoms with Gasteiger partial charge in [0.05, 0.1) is 0 Å². The molecule has 132 valence electrons. The van der Waals surface area contributed by atoms with Crippen LogP contribution in [0.4, 0.5) is 5.69 Å². The van der Waals surface area contributed by atoms with Crippen LogP contribution in [-0.4, -0.2) is 13.1 Å². The van der Waals surface area contributed by atoms with Crippen molar-refractivity contribution in [3.8, 4) is 24.0 Å². The van der Waals surface area contributed by atoms with Crippen molar-refractivity contribution in [1.82, 2.24) is 0 Å². The van der Waals surface area contributed by atoms with E-state index in [2.05, 4.69) is 28.9 Å². The Hall–Kier alpha value is -3.42. The van der Waals surface area contributed by atoms with Crippen molar-refractivity contribution in [3.63, 3.8) is 0 Å². The predicted octanol–water partition coefficient (Wildman–Crippen LogP) is 3.90. The van der Waals surface area contributed by atoms with Crippen LogP contribution >= 0.6 is 0 Å². The number of nitrogens with zero attached hydrogens (tertiary/aromatic N) is 3. The van der Waals surface area contributed by atoms with Crippen molar-refractivity contribution in [1.29, 1.82) is 10.5 Å². The van der Waals surface area contributed by atoms with Crippen molar-refractivity contribution >= 4 is 5.69 Å². The van der Waals surface area contributed by atoms with Crippen LogP contribution in [0, 0.1) is 34.5 Å². The second-order valence-electron chi connectivity index (χ2n) is 7.01. The van der Waals surface area contributed by atoms with Crippen LogP contribution in [0.5, 0.6) is 0 Å². The highest BCUT2D eigenvalue weighted by molar-refractivity contribution is 5.66. The number of rotatable bonds is 0. The Kier molecular flexibility index (Phi) is 4.45. The van der Waals surface area contributed by atoms with E-state index in [1.165, 1.54) is 29.7 Å². The molecule has 0 atom stereocenters. The quantitative estimate of drug-likeness (QED) is 0.524. The summed E-state index contributed by atoms with van der Waals surface area (Å²) in [6, 6.07) is 8.23. The maximum absolute atomic E-state index is 9.09. The second-order valence-corrected chi connectivity index (χ2v) is 7.01. The van der Waals surface area contributed by atoms with Crippen molar-refractivity contribution in [3.05, 3.63) is 63.6 Å². The molecule has 0 radical (unpaired) electrons. The van der Waals surface area contributed by atoms with E-state index in [-0.39, 0.29) is 5.57 Å². The lowest BCUT2D eigenvalue weighted by Gasteiger charge is -2.37. The summed E-state index contributed by atoms with van der Waals surface area (Å²) in [5.74, 6) is 7.37. The van der Waals surface area contributed by atoms with Crippen LogP contribution in [-0.2, 0) is 17.6 Å². The lowest BCUT2D eigenvalue weighted by Crippen LogP contribution is -2.34. The molecule has 0 bridgehead atoms. The number of anilines is 1. The molecule has 0 amide bonds. The molecule has 3 aliphatic rings. The van der Waals surface area contributed by atoms with Gasteiger partial charge in [0.2, 0.25) is 0 Å². The second kappa shape index (κ2) is 7.06. The van der Waals surface area contributed by atoms with Gasteiger partial charge in [0.1, 0.15) is 23.5 Å². The van der Waals surface area contributed by atoms with Gasteiger partial charge in [-0.05, 0) is 73.9 Å². The fraction of sp³-hybridized carbons (Fsp3) is 0.304. The first-order chi connectivity index (χ1) is 13.2. The summed E-state index contributed by atoms with van der Waals surface area (Å²) in [6.45, 7) is 4.11. The van der Waals surface area contributed by atoms with Crippen LogP contribution in [0.25, 0.3) is 0 Å². The summed E-state index contributed by atoms with van der Waals surface area (Å²) in [5.41, 5.74) is 5.83. The molecular weight excluding hydrogens is 334 g/mol. The summed E-state index contributed by atoms with van der Waals surface area (Å²) >= 11 is 0. The zero-order valence-corrected chi connectivity index (χ0v) is 15.3. The molecule has 1 aromatic rings. The molecule has 1 aromatic carbocycles. The molecule has 0 saturated heterocycles. The fourth-order valence-corrected chi connectivity index (χ4v) is 4.00.